The van der Waals surface area contributed by atoms with Crippen LogP contribution < -0.4 is 4.72 Å². The number of benzene rings is 1. The molecule has 21 heavy (non-hydrogen) atoms. The Morgan fingerprint density at radius 3 is 2.43 bits per heavy atom. The van der Waals surface area contributed by atoms with Crippen molar-refractivity contribution in [2.75, 3.05) is 0 Å². The van der Waals surface area contributed by atoms with Gasteiger partial charge in [-0.2, -0.15) is 4.72 Å². The number of sulfonamides is 1. The largest absolute Gasteiger partial charge is 0.461 e. The Morgan fingerprint density at radius 1 is 1.33 bits per heavy atom. The summed E-state index contributed by atoms with van der Waals surface area (Å²) in [6.07, 6.45) is 1.11. The maximum Gasteiger partial charge on any atom is 0.324 e. The summed E-state index contributed by atoms with van der Waals surface area (Å²) in [4.78, 5) is 11.7. The number of ether oxygens (including phenoxy) is 1. The molecule has 6 heteroatoms. The van der Waals surface area contributed by atoms with Gasteiger partial charge in [0.1, 0.15) is 12.1 Å². The van der Waals surface area contributed by atoms with Gasteiger partial charge < -0.3 is 4.74 Å². The van der Waals surface area contributed by atoms with Crippen molar-refractivity contribution in [3.05, 3.63) is 29.8 Å². The number of nitrogens with one attached hydrogen (secondary N) is 1. The fraction of sp³-hybridized carbons (Fsp3) is 0.533. The van der Waals surface area contributed by atoms with Crippen molar-refractivity contribution >= 4 is 16.0 Å². The molecule has 1 N–H and O–H groups in total. The van der Waals surface area contributed by atoms with Crippen LogP contribution >= 0.6 is 0 Å². The summed E-state index contributed by atoms with van der Waals surface area (Å²) in [5.41, 5.74) is 1.10. The maximum absolute atomic E-state index is 12.3. The first-order valence-electron chi connectivity index (χ1n) is 7.16. The minimum Gasteiger partial charge on any atom is -0.461 e. The van der Waals surface area contributed by atoms with Crippen molar-refractivity contribution in [3.8, 4) is 0 Å². The highest BCUT2D eigenvalue weighted by Crippen LogP contribution is 2.21. The first-order valence-corrected chi connectivity index (χ1v) is 8.64. The second-order valence-electron chi connectivity index (χ2n) is 5.54. The molecule has 0 spiro atoms. The van der Waals surface area contributed by atoms with Gasteiger partial charge in [0.25, 0.3) is 0 Å². The second-order valence-corrected chi connectivity index (χ2v) is 7.25. The van der Waals surface area contributed by atoms with E-state index in [0.717, 1.165) is 12.0 Å². The SMILES string of the molecule is CC[C@H](C)c1ccc(S(=O)(=O)N[C@@H]2C[C@H](C)OC2=O)cc1. The molecule has 1 aromatic rings. The van der Waals surface area contributed by atoms with Gasteiger partial charge in [0.15, 0.2) is 0 Å². The molecule has 0 radical (unpaired) electrons. The molecule has 0 unspecified atom stereocenters. The molecule has 1 saturated heterocycles. The lowest BCUT2D eigenvalue weighted by atomic mass is 9.99. The van der Waals surface area contributed by atoms with E-state index < -0.39 is 22.0 Å². The van der Waals surface area contributed by atoms with E-state index in [4.69, 9.17) is 4.74 Å². The Bertz CT molecular complexity index is 609. The lowest BCUT2D eigenvalue weighted by Crippen LogP contribution is -2.37. The zero-order valence-corrected chi connectivity index (χ0v) is 13.3. The van der Waals surface area contributed by atoms with E-state index in [-0.39, 0.29) is 11.0 Å². The minimum atomic E-state index is -3.70. The Morgan fingerprint density at radius 2 is 1.95 bits per heavy atom. The Balaban J connectivity index is 2.14. The average Bonchev–Trinajstić information content (AvgIpc) is 2.75. The van der Waals surface area contributed by atoms with Gasteiger partial charge in [-0.3, -0.25) is 4.79 Å². The molecular formula is C15H21NO4S. The van der Waals surface area contributed by atoms with Crippen molar-refractivity contribution in [2.45, 2.75) is 56.6 Å². The van der Waals surface area contributed by atoms with Crippen LogP contribution in [0.3, 0.4) is 0 Å². The lowest BCUT2D eigenvalue weighted by molar-refractivity contribution is -0.142. The number of hydrogen-bond donors (Lipinski definition) is 1. The molecule has 0 saturated carbocycles. The number of cyclic esters (lactones) is 1. The highest BCUT2D eigenvalue weighted by atomic mass is 32.2. The first kappa shape index (κ1) is 16.0. The van der Waals surface area contributed by atoms with Crippen molar-refractivity contribution in [2.24, 2.45) is 0 Å². The van der Waals surface area contributed by atoms with Crippen LogP contribution in [0.15, 0.2) is 29.2 Å². The fourth-order valence-electron chi connectivity index (χ4n) is 2.32. The highest BCUT2D eigenvalue weighted by molar-refractivity contribution is 7.89. The molecule has 3 atom stereocenters. The lowest BCUT2D eigenvalue weighted by Gasteiger charge is -2.12. The van der Waals surface area contributed by atoms with Crippen LogP contribution in [0.2, 0.25) is 0 Å². The van der Waals surface area contributed by atoms with Gasteiger partial charge in [0.2, 0.25) is 10.0 Å². The van der Waals surface area contributed by atoms with Crippen molar-refractivity contribution in [1.29, 1.82) is 0 Å². The van der Waals surface area contributed by atoms with Crippen LogP contribution in [-0.2, 0) is 19.6 Å². The zero-order chi connectivity index (χ0) is 15.6. The number of esters is 1. The average molecular weight is 311 g/mol. The Labute approximate surface area is 125 Å². The molecule has 5 nitrogen and oxygen atoms in total. The van der Waals surface area contributed by atoms with E-state index in [0.29, 0.717) is 12.3 Å². The molecule has 0 aromatic heterocycles. The van der Waals surface area contributed by atoms with Gasteiger partial charge in [-0.1, -0.05) is 26.0 Å². The quantitative estimate of drug-likeness (QED) is 0.846. The molecular weight excluding hydrogens is 290 g/mol. The Kier molecular flexibility index (Phi) is 4.68. The van der Waals surface area contributed by atoms with Gasteiger partial charge in [-0.15, -0.1) is 0 Å². The van der Waals surface area contributed by atoms with Gasteiger partial charge in [0.05, 0.1) is 4.90 Å². The summed E-state index contributed by atoms with van der Waals surface area (Å²) in [5.74, 6) is -0.123. The molecule has 1 aliphatic heterocycles. The molecule has 0 amide bonds. The summed E-state index contributed by atoms with van der Waals surface area (Å²) in [6.45, 7) is 5.93. The van der Waals surface area contributed by atoms with Gasteiger partial charge in [-0.25, -0.2) is 8.42 Å². The van der Waals surface area contributed by atoms with E-state index in [2.05, 4.69) is 18.6 Å². The number of carbonyl (C=O) groups is 1. The standard InChI is InChI=1S/C15H21NO4S/c1-4-10(2)12-5-7-13(8-6-12)21(18,19)16-14-9-11(3)20-15(14)17/h5-8,10-11,14,16H,4,9H2,1-3H3/t10-,11-,14+/m0/s1. The summed E-state index contributed by atoms with van der Waals surface area (Å²) in [6, 6.07) is 6.00. The second kappa shape index (κ2) is 6.15. The molecule has 1 aliphatic rings. The van der Waals surface area contributed by atoms with Crippen LogP contribution in [0.25, 0.3) is 0 Å². The predicted octanol–water partition coefficient (Wildman–Crippen LogP) is 2.18. The molecule has 0 aliphatic carbocycles. The zero-order valence-electron chi connectivity index (χ0n) is 12.5. The monoisotopic (exact) mass is 311 g/mol. The number of rotatable bonds is 5. The van der Waals surface area contributed by atoms with Crippen LogP contribution in [0.4, 0.5) is 0 Å². The summed E-state index contributed by atoms with van der Waals surface area (Å²) in [5, 5.41) is 0. The normalized spacial score (nSPS) is 23.9. The van der Waals surface area contributed by atoms with Crippen molar-refractivity contribution < 1.29 is 17.9 Å². The van der Waals surface area contributed by atoms with Crippen LogP contribution in [-0.4, -0.2) is 26.5 Å². The molecule has 1 aromatic carbocycles. The smallest absolute Gasteiger partial charge is 0.324 e. The first-order chi connectivity index (χ1) is 9.83. The van der Waals surface area contributed by atoms with Crippen LogP contribution in [0.5, 0.6) is 0 Å². The highest BCUT2D eigenvalue weighted by Gasteiger charge is 2.35. The summed E-state index contributed by atoms with van der Waals surface area (Å²) >= 11 is 0. The maximum atomic E-state index is 12.3. The third-order valence-corrected chi connectivity index (χ3v) is 5.33. The van der Waals surface area contributed by atoms with Gasteiger partial charge in [-0.05, 0) is 37.0 Å². The van der Waals surface area contributed by atoms with E-state index in [1.54, 1.807) is 19.1 Å². The van der Waals surface area contributed by atoms with Gasteiger partial charge in [0, 0.05) is 6.42 Å². The van der Waals surface area contributed by atoms with Crippen molar-refractivity contribution in [1.82, 2.24) is 4.72 Å². The van der Waals surface area contributed by atoms with E-state index in [1.165, 1.54) is 0 Å². The third-order valence-electron chi connectivity index (χ3n) is 3.84. The minimum absolute atomic E-state index is 0.168. The van der Waals surface area contributed by atoms with Crippen molar-refractivity contribution in [3.63, 3.8) is 0 Å². The van der Waals surface area contributed by atoms with Crippen LogP contribution in [0, 0.1) is 0 Å². The molecule has 1 fully saturated rings. The van der Waals surface area contributed by atoms with Gasteiger partial charge >= 0.3 is 5.97 Å². The fourth-order valence-corrected chi connectivity index (χ4v) is 3.52. The van der Waals surface area contributed by atoms with E-state index >= 15 is 0 Å². The molecule has 116 valence electrons. The Hall–Kier alpha value is -1.40. The summed E-state index contributed by atoms with van der Waals surface area (Å²) in [7, 11) is -3.70. The summed E-state index contributed by atoms with van der Waals surface area (Å²) < 4.78 is 31.9. The topological polar surface area (TPSA) is 72.5 Å². The molecule has 0 bridgehead atoms. The molecule has 2 rings (SSSR count). The van der Waals surface area contributed by atoms with E-state index in [9.17, 15) is 13.2 Å². The number of hydrogen-bond acceptors (Lipinski definition) is 4. The third kappa shape index (κ3) is 3.63. The number of carbonyl (C=O) groups excluding carboxylic acids is 1. The molecule has 1 heterocycles. The van der Waals surface area contributed by atoms with E-state index in [1.807, 2.05) is 12.1 Å². The van der Waals surface area contributed by atoms with Crippen LogP contribution in [0.1, 0.15) is 45.1 Å². The predicted molar refractivity (Wildman–Crippen MR) is 79.4 cm³/mol.